The molecule has 0 radical (unpaired) electrons. The summed E-state index contributed by atoms with van der Waals surface area (Å²) < 4.78 is 26.9. The maximum Gasteiger partial charge on any atom is 0.254 e. The first-order valence-corrected chi connectivity index (χ1v) is 6.06. The first-order chi connectivity index (χ1) is 9.49. The van der Waals surface area contributed by atoms with Crippen LogP contribution >= 0.6 is 0 Å². The Hall–Kier alpha value is -2.43. The normalized spacial score (nSPS) is 10.3. The number of nitrogens with one attached hydrogen (secondary N) is 1. The number of hydrogen-bond acceptors (Lipinski definition) is 2. The van der Waals surface area contributed by atoms with Crippen LogP contribution in [0.15, 0.2) is 36.4 Å². The maximum absolute atomic E-state index is 13.7. The van der Waals surface area contributed by atoms with Gasteiger partial charge in [-0.15, -0.1) is 0 Å². The van der Waals surface area contributed by atoms with Gasteiger partial charge in [0, 0.05) is 6.54 Å². The molecule has 20 heavy (non-hydrogen) atoms. The maximum atomic E-state index is 13.7. The third kappa shape index (κ3) is 2.93. The van der Waals surface area contributed by atoms with Gasteiger partial charge in [0.1, 0.15) is 5.82 Å². The van der Waals surface area contributed by atoms with Gasteiger partial charge in [0.2, 0.25) is 0 Å². The number of hydrogen-bond donors (Lipinski definition) is 2. The number of benzene rings is 2. The van der Waals surface area contributed by atoms with Gasteiger partial charge >= 0.3 is 0 Å². The summed E-state index contributed by atoms with van der Waals surface area (Å²) in [6.45, 7) is 2.14. The molecule has 1 amide bonds. The van der Waals surface area contributed by atoms with Gasteiger partial charge < -0.3 is 11.1 Å². The summed E-state index contributed by atoms with van der Waals surface area (Å²) in [5.41, 5.74) is 6.43. The van der Waals surface area contributed by atoms with Crippen molar-refractivity contribution < 1.29 is 13.6 Å². The molecule has 0 atom stereocenters. The second kappa shape index (κ2) is 5.69. The Morgan fingerprint density at radius 1 is 1.25 bits per heavy atom. The van der Waals surface area contributed by atoms with E-state index >= 15 is 0 Å². The van der Waals surface area contributed by atoms with Crippen molar-refractivity contribution in [3.8, 4) is 0 Å². The number of aryl methyl sites for hydroxylation is 1. The zero-order chi connectivity index (χ0) is 14.7. The highest BCUT2D eigenvalue weighted by molar-refractivity contribution is 5.95. The summed E-state index contributed by atoms with van der Waals surface area (Å²) in [4.78, 5) is 11.9. The molecule has 0 saturated carbocycles. The Bertz CT molecular complexity index is 656. The summed E-state index contributed by atoms with van der Waals surface area (Å²) in [5.74, 6) is -2.35. The largest absolute Gasteiger partial charge is 0.396 e. The fraction of sp³-hybridized carbons (Fsp3) is 0.133. The van der Waals surface area contributed by atoms with Gasteiger partial charge in [-0.3, -0.25) is 4.79 Å². The molecule has 0 unspecified atom stereocenters. The zero-order valence-corrected chi connectivity index (χ0v) is 10.9. The van der Waals surface area contributed by atoms with Crippen molar-refractivity contribution in [2.24, 2.45) is 0 Å². The molecule has 0 aliphatic carbocycles. The molecule has 2 aromatic carbocycles. The molecule has 0 bridgehead atoms. The Balaban J connectivity index is 2.15. The lowest BCUT2D eigenvalue weighted by Crippen LogP contribution is -2.24. The molecule has 2 aromatic rings. The Morgan fingerprint density at radius 2 is 1.95 bits per heavy atom. The zero-order valence-electron chi connectivity index (χ0n) is 10.9. The van der Waals surface area contributed by atoms with E-state index in [2.05, 4.69) is 5.32 Å². The SMILES string of the molecule is Cc1ccccc1CNC(=O)c1cc(F)cc(N)c1F. The number of carbonyl (C=O) groups is 1. The third-order valence-electron chi connectivity index (χ3n) is 3.01. The quantitative estimate of drug-likeness (QED) is 0.847. The predicted octanol–water partition coefficient (Wildman–Crippen LogP) is 2.79. The Labute approximate surface area is 115 Å². The van der Waals surface area contributed by atoms with Crippen LogP contribution in [-0.4, -0.2) is 5.91 Å². The van der Waals surface area contributed by atoms with Crippen LogP contribution in [0.2, 0.25) is 0 Å². The van der Waals surface area contributed by atoms with Crippen LogP contribution in [0.3, 0.4) is 0 Å². The predicted molar refractivity (Wildman–Crippen MR) is 73.1 cm³/mol. The van der Waals surface area contributed by atoms with Gasteiger partial charge in [0.25, 0.3) is 5.91 Å². The van der Waals surface area contributed by atoms with E-state index in [9.17, 15) is 13.6 Å². The van der Waals surface area contributed by atoms with Gasteiger partial charge in [-0.2, -0.15) is 0 Å². The van der Waals surface area contributed by atoms with E-state index in [0.29, 0.717) is 0 Å². The molecule has 0 aliphatic rings. The molecule has 0 fully saturated rings. The lowest BCUT2D eigenvalue weighted by atomic mass is 10.1. The van der Waals surface area contributed by atoms with Gasteiger partial charge in [-0.1, -0.05) is 24.3 Å². The summed E-state index contributed by atoms with van der Waals surface area (Å²) in [7, 11) is 0. The van der Waals surface area contributed by atoms with E-state index in [1.54, 1.807) is 0 Å². The highest BCUT2D eigenvalue weighted by Crippen LogP contribution is 2.17. The van der Waals surface area contributed by atoms with E-state index in [4.69, 9.17) is 5.73 Å². The van der Waals surface area contributed by atoms with E-state index in [0.717, 1.165) is 23.3 Å². The van der Waals surface area contributed by atoms with E-state index in [1.165, 1.54) is 0 Å². The number of anilines is 1. The molecule has 5 heteroatoms. The summed E-state index contributed by atoms with van der Waals surface area (Å²) in [5, 5.41) is 2.55. The van der Waals surface area contributed by atoms with E-state index in [1.807, 2.05) is 31.2 Å². The van der Waals surface area contributed by atoms with Crippen LogP contribution in [0.25, 0.3) is 0 Å². The van der Waals surface area contributed by atoms with E-state index in [-0.39, 0.29) is 12.2 Å². The van der Waals surface area contributed by atoms with Crippen LogP contribution in [-0.2, 0) is 6.54 Å². The van der Waals surface area contributed by atoms with Crippen molar-refractivity contribution in [3.63, 3.8) is 0 Å². The lowest BCUT2D eigenvalue weighted by Gasteiger charge is -2.09. The summed E-state index contributed by atoms with van der Waals surface area (Å²) >= 11 is 0. The average molecular weight is 276 g/mol. The van der Waals surface area contributed by atoms with Crippen molar-refractivity contribution in [1.29, 1.82) is 0 Å². The van der Waals surface area contributed by atoms with Crippen molar-refractivity contribution >= 4 is 11.6 Å². The first kappa shape index (κ1) is 14.0. The molecule has 0 saturated heterocycles. The molecule has 0 heterocycles. The van der Waals surface area contributed by atoms with Crippen molar-refractivity contribution in [2.45, 2.75) is 13.5 Å². The highest BCUT2D eigenvalue weighted by atomic mass is 19.1. The monoisotopic (exact) mass is 276 g/mol. The Kier molecular flexibility index (Phi) is 3.98. The smallest absolute Gasteiger partial charge is 0.254 e. The molecule has 104 valence electrons. The molecule has 2 rings (SSSR count). The highest BCUT2D eigenvalue weighted by Gasteiger charge is 2.16. The standard InChI is InChI=1S/C15H14F2N2O/c1-9-4-2-3-5-10(9)8-19-15(20)12-6-11(16)7-13(18)14(12)17/h2-7H,8,18H2,1H3,(H,19,20). The second-order valence-corrected chi connectivity index (χ2v) is 4.47. The van der Waals surface area contributed by atoms with Crippen LogP contribution in [0.4, 0.5) is 14.5 Å². The van der Waals surface area contributed by atoms with Gasteiger partial charge in [-0.05, 0) is 30.2 Å². The van der Waals surface area contributed by atoms with Crippen LogP contribution in [0.5, 0.6) is 0 Å². The second-order valence-electron chi connectivity index (χ2n) is 4.47. The fourth-order valence-electron chi connectivity index (χ4n) is 1.85. The number of amides is 1. The van der Waals surface area contributed by atoms with Gasteiger partial charge in [0.15, 0.2) is 5.82 Å². The molecular weight excluding hydrogens is 262 g/mol. The number of nitrogens with two attached hydrogens (primary N) is 1. The molecule has 3 N–H and O–H groups in total. The van der Waals surface area contributed by atoms with Crippen molar-refractivity contribution in [1.82, 2.24) is 5.32 Å². The third-order valence-corrected chi connectivity index (χ3v) is 3.01. The molecule has 3 nitrogen and oxygen atoms in total. The number of carbonyl (C=O) groups excluding carboxylic acids is 1. The number of nitrogen functional groups attached to an aromatic ring is 1. The van der Waals surface area contributed by atoms with Gasteiger partial charge in [-0.25, -0.2) is 8.78 Å². The Morgan fingerprint density at radius 3 is 2.65 bits per heavy atom. The average Bonchev–Trinajstić information content (AvgIpc) is 2.41. The van der Waals surface area contributed by atoms with Crippen LogP contribution < -0.4 is 11.1 Å². The summed E-state index contributed by atoms with van der Waals surface area (Å²) in [6.07, 6.45) is 0. The van der Waals surface area contributed by atoms with Crippen LogP contribution in [0.1, 0.15) is 21.5 Å². The summed E-state index contributed by atoms with van der Waals surface area (Å²) in [6, 6.07) is 9.16. The number of rotatable bonds is 3. The van der Waals surface area contributed by atoms with Crippen LogP contribution in [0, 0.1) is 18.6 Å². The molecule has 0 aromatic heterocycles. The minimum Gasteiger partial charge on any atom is -0.396 e. The lowest BCUT2D eigenvalue weighted by molar-refractivity contribution is 0.0946. The van der Waals surface area contributed by atoms with E-state index < -0.39 is 23.1 Å². The minimum absolute atomic E-state index is 0.237. The fourth-order valence-corrected chi connectivity index (χ4v) is 1.85. The minimum atomic E-state index is -0.909. The topological polar surface area (TPSA) is 55.1 Å². The number of halogens is 2. The molecule has 0 spiro atoms. The molecular formula is C15H14F2N2O. The van der Waals surface area contributed by atoms with Gasteiger partial charge in [0.05, 0.1) is 11.3 Å². The van der Waals surface area contributed by atoms with Crippen molar-refractivity contribution in [3.05, 3.63) is 64.7 Å². The first-order valence-electron chi connectivity index (χ1n) is 6.06. The van der Waals surface area contributed by atoms with Crippen molar-refractivity contribution in [2.75, 3.05) is 5.73 Å². The molecule has 0 aliphatic heterocycles.